The van der Waals surface area contributed by atoms with Gasteiger partial charge in [0.2, 0.25) is 0 Å². The highest BCUT2D eigenvalue weighted by Gasteiger charge is 2.25. The second-order valence-corrected chi connectivity index (χ2v) is 5.15. The van der Waals surface area contributed by atoms with Gasteiger partial charge in [-0.15, -0.1) is 0 Å². The van der Waals surface area contributed by atoms with Gasteiger partial charge in [0.05, 0.1) is 0 Å². The van der Waals surface area contributed by atoms with Crippen LogP contribution in [0.15, 0.2) is 18.2 Å². The molecule has 2 N–H and O–H groups in total. The average Bonchev–Trinajstić information content (AvgIpc) is 3.11. The second kappa shape index (κ2) is 4.19. The van der Waals surface area contributed by atoms with Gasteiger partial charge >= 0.3 is 0 Å². The van der Waals surface area contributed by atoms with Crippen molar-refractivity contribution in [1.29, 1.82) is 0 Å². The smallest absolute Gasteiger partial charge is 0.0211 e. The maximum absolute atomic E-state index is 3.65. The van der Waals surface area contributed by atoms with Gasteiger partial charge in [0.1, 0.15) is 0 Å². The summed E-state index contributed by atoms with van der Waals surface area (Å²) in [6, 6.07) is 7.54. The standard InChI is InChI=1S/C14H20N2/c1-10-3-2-4-13-11(7-15-9-14(10)13)8-16-12-5-6-12/h2-4,11-12,15-16H,5-9H2,1H3. The van der Waals surface area contributed by atoms with Crippen LogP contribution in [0.1, 0.15) is 35.4 Å². The Hall–Kier alpha value is -0.860. The van der Waals surface area contributed by atoms with Crippen LogP contribution in [0.5, 0.6) is 0 Å². The molecule has 1 aromatic rings. The molecule has 2 aliphatic rings. The van der Waals surface area contributed by atoms with Crippen molar-refractivity contribution >= 4 is 0 Å². The summed E-state index contributed by atoms with van der Waals surface area (Å²) in [7, 11) is 0. The molecular formula is C14H20N2. The van der Waals surface area contributed by atoms with Gasteiger partial charge in [-0.3, -0.25) is 0 Å². The summed E-state index contributed by atoms with van der Waals surface area (Å²) < 4.78 is 0. The topological polar surface area (TPSA) is 24.1 Å². The molecule has 0 spiro atoms. The van der Waals surface area contributed by atoms with Crippen LogP contribution >= 0.6 is 0 Å². The number of fused-ring (bicyclic) bond motifs is 1. The van der Waals surface area contributed by atoms with E-state index in [1.165, 1.54) is 24.0 Å². The zero-order valence-electron chi connectivity index (χ0n) is 9.92. The summed E-state index contributed by atoms with van der Waals surface area (Å²) in [5.41, 5.74) is 4.52. The van der Waals surface area contributed by atoms with E-state index in [0.717, 1.165) is 25.7 Å². The van der Waals surface area contributed by atoms with Crippen LogP contribution in [-0.4, -0.2) is 19.1 Å². The number of rotatable bonds is 3. The maximum Gasteiger partial charge on any atom is 0.0211 e. The Kier molecular flexibility index (Phi) is 2.70. The highest BCUT2D eigenvalue weighted by Crippen LogP contribution is 2.27. The Balaban J connectivity index is 1.78. The molecule has 16 heavy (non-hydrogen) atoms. The fraction of sp³-hybridized carbons (Fsp3) is 0.571. The molecule has 2 heteroatoms. The van der Waals surface area contributed by atoms with Gasteiger partial charge in [-0.05, 0) is 36.5 Å². The van der Waals surface area contributed by atoms with E-state index >= 15 is 0 Å². The van der Waals surface area contributed by atoms with Crippen molar-refractivity contribution in [3.63, 3.8) is 0 Å². The van der Waals surface area contributed by atoms with E-state index in [0.29, 0.717) is 5.92 Å². The lowest BCUT2D eigenvalue weighted by molar-refractivity contribution is 0.501. The first-order valence-corrected chi connectivity index (χ1v) is 6.37. The first kappa shape index (κ1) is 10.3. The van der Waals surface area contributed by atoms with Crippen LogP contribution in [0.4, 0.5) is 0 Å². The van der Waals surface area contributed by atoms with Gasteiger partial charge < -0.3 is 10.6 Å². The van der Waals surface area contributed by atoms with E-state index in [9.17, 15) is 0 Å². The fourth-order valence-electron chi connectivity index (χ4n) is 2.61. The molecule has 86 valence electrons. The Bertz CT molecular complexity index is 382. The van der Waals surface area contributed by atoms with Crippen LogP contribution in [0, 0.1) is 6.92 Å². The van der Waals surface area contributed by atoms with E-state index in [1.54, 1.807) is 5.56 Å². The van der Waals surface area contributed by atoms with Gasteiger partial charge in [-0.2, -0.15) is 0 Å². The summed E-state index contributed by atoms with van der Waals surface area (Å²) in [5.74, 6) is 0.657. The minimum atomic E-state index is 0.657. The van der Waals surface area contributed by atoms with E-state index in [2.05, 4.69) is 35.8 Å². The third-order valence-corrected chi connectivity index (χ3v) is 3.81. The molecule has 0 radical (unpaired) electrons. The molecule has 0 saturated heterocycles. The summed E-state index contributed by atoms with van der Waals surface area (Å²) in [5, 5.41) is 7.18. The van der Waals surface area contributed by atoms with Crippen molar-refractivity contribution in [3.05, 3.63) is 34.9 Å². The second-order valence-electron chi connectivity index (χ2n) is 5.15. The zero-order valence-corrected chi connectivity index (χ0v) is 9.92. The SMILES string of the molecule is Cc1cccc2c1CNCC2CNC1CC1. The summed E-state index contributed by atoms with van der Waals surface area (Å²) in [4.78, 5) is 0. The van der Waals surface area contributed by atoms with Crippen LogP contribution in [0.3, 0.4) is 0 Å². The molecule has 1 saturated carbocycles. The molecule has 2 nitrogen and oxygen atoms in total. The highest BCUT2D eigenvalue weighted by molar-refractivity contribution is 5.38. The lowest BCUT2D eigenvalue weighted by atomic mass is 9.88. The molecule has 1 aliphatic heterocycles. The predicted octanol–water partition coefficient (Wildman–Crippen LogP) is 1.93. The number of hydrogen-bond acceptors (Lipinski definition) is 2. The Morgan fingerprint density at radius 1 is 1.38 bits per heavy atom. The van der Waals surface area contributed by atoms with E-state index in [4.69, 9.17) is 0 Å². The Morgan fingerprint density at radius 3 is 3.06 bits per heavy atom. The lowest BCUT2D eigenvalue weighted by Gasteiger charge is -2.28. The van der Waals surface area contributed by atoms with Crippen LogP contribution in [0.25, 0.3) is 0 Å². The molecule has 3 rings (SSSR count). The number of nitrogens with one attached hydrogen (secondary N) is 2. The van der Waals surface area contributed by atoms with Crippen LogP contribution in [-0.2, 0) is 6.54 Å². The number of benzene rings is 1. The molecule has 0 aromatic heterocycles. The molecule has 1 unspecified atom stereocenters. The minimum Gasteiger partial charge on any atom is -0.313 e. The van der Waals surface area contributed by atoms with Crippen molar-refractivity contribution in [1.82, 2.24) is 10.6 Å². The quantitative estimate of drug-likeness (QED) is 0.807. The molecule has 1 aliphatic carbocycles. The van der Waals surface area contributed by atoms with Crippen LogP contribution < -0.4 is 10.6 Å². The zero-order chi connectivity index (χ0) is 11.0. The van der Waals surface area contributed by atoms with E-state index < -0.39 is 0 Å². The molecule has 1 aromatic carbocycles. The van der Waals surface area contributed by atoms with Crippen molar-refractivity contribution in [3.8, 4) is 0 Å². The summed E-state index contributed by atoms with van der Waals surface area (Å²) in [6.45, 7) is 5.52. The normalized spacial score (nSPS) is 24.2. The number of hydrogen-bond donors (Lipinski definition) is 2. The van der Waals surface area contributed by atoms with Gasteiger partial charge in [0.25, 0.3) is 0 Å². The van der Waals surface area contributed by atoms with Gasteiger partial charge in [-0.25, -0.2) is 0 Å². The molecule has 0 bridgehead atoms. The molecule has 0 amide bonds. The van der Waals surface area contributed by atoms with Crippen molar-refractivity contribution in [2.45, 2.75) is 38.3 Å². The molecule has 1 atom stereocenters. The highest BCUT2D eigenvalue weighted by atomic mass is 15.0. The maximum atomic E-state index is 3.65. The third kappa shape index (κ3) is 2.00. The molecular weight excluding hydrogens is 196 g/mol. The van der Waals surface area contributed by atoms with Gasteiger partial charge in [-0.1, -0.05) is 18.2 Å². The first-order valence-electron chi connectivity index (χ1n) is 6.37. The lowest BCUT2D eigenvalue weighted by Crippen LogP contribution is -2.35. The summed E-state index contributed by atoms with van der Waals surface area (Å²) >= 11 is 0. The van der Waals surface area contributed by atoms with Crippen molar-refractivity contribution in [2.75, 3.05) is 13.1 Å². The minimum absolute atomic E-state index is 0.657. The fourth-order valence-corrected chi connectivity index (χ4v) is 2.61. The number of aryl methyl sites for hydroxylation is 1. The Morgan fingerprint density at radius 2 is 2.25 bits per heavy atom. The summed E-state index contributed by atoms with van der Waals surface area (Å²) in [6.07, 6.45) is 2.75. The molecule has 1 fully saturated rings. The monoisotopic (exact) mass is 216 g/mol. The first-order chi connectivity index (χ1) is 7.84. The van der Waals surface area contributed by atoms with Crippen molar-refractivity contribution < 1.29 is 0 Å². The largest absolute Gasteiger partial charge is 0.313 e. The van der Waals surface area contributed by atoms with Crippen LogP contribution in [0.2, 0.25) is 0 Å². The van der Waals surface area contributed by atoms with Gasteiger partial charge in [0, 0.05) is 31.6 Å². The average molecular weight is 216 g/mol. The van der Waals surface area contributed by atoms with Crippen molar-refractivity contribution in [2.24, 2.45) is 0 Å². The van der Waals surface area contributed by atoms with Gasteiger partial charge in [0.15, 0.2) is 0 Å². The van der Waals surface area contributed by atoms with E-state index in [1.807, 2.05) is 0 Å². The predicted molar refractivity (Wildman–Crippen MR) is 66.7 cm³/mol. The third-order valence-electron chi connectivity index (χ3n) is 3.81. The van der Waals surface area contributed by atoms with E-state index in [-0.39, 0.29) is 0 Å². The molecule has 1 heterocycles. The Labute approximate surface area is 97.4 Å².